The van der Waals surface area contributed by atoms with Crippen LogP contribution in [-0.2, 0) is 9.59 Å². The molecule has 0 fully saturated rings. The first-order valence-corrected chi connectivity index (χ1v) is 8.02. The number of hydrogen-bond acceptors (Lipinski definition) is 4. The second-order valence-electron chi connectivity index (χ2n) is 4.96. The van der Waals surface area contributed by atoms with Crippen LogP contribution in [0.2, 0.25) is 0 Å². The van der Waals surface area contributed by atoms with E-state index < -0.39 is 17.7 Å². The number of benzene rings is 1. The van der Waals surface area contributed by atoms with Crippen LogP contribution in [-0.4, -0.2) is 34.9 Å². The molecule has 1 aromatic carbocycles. The van der Waals surface area contributed by atoms with Gasteiger partial charge < -0.3 is 5.11 Å². The predicted molar refractivity (Wildman–Crippen MR) is 90.6 cm³/mol. The van der Waals surface area contributed by atoms with Crippen LogP contribution in [0.25, 0.3) is 0 Å². The van der Waals surface area contributed by atoms with Crippen molar-refractivity contribution in [1.29, 1.82) is 0 Å². The van der Waals surface area contributed by atoms with Crippen LogP contribution < -0.4 is 0 Å². The van der Waals surface area contributed by atoms with Crippen molar-refractivity contribution in [3.05, 3.63) is 43.0 Å². The SMILES string of the molecule is C=CCN=C(C(C)CSc1ccccc1)C(C(C)=O)C(=O)O. The molecule has 1 N–H and O–H groups in total. The van der Waals surface area contributed by atoms with Crippen molar-refractivity contribution in [2.75, 3.05) is 12.3 Å². The number of Topliss-reactive ketones (excluding diaryl/α,β-unsaturated/α-hetero) is 1. The maximum Gasteiger partial charge on any atom is 0.319 e. The zero-order valence-corrected chi connectivity index (χ0v) is 13.7. The summed E-state index contributed by atoms with van der Waals surface area (Å²) in [6.45, 7) is 7.09. The summed E-state index contributed by atoms with van der Waals surface area (Å²) in [5, 5.41) is 9.31. The molecular weight excluding hydrogens is 298 g/mol. The number of ketones is 1. The quantitative estimate of drug-likeness (QED) is 0.328. The number of rotatable bonds is 9. The van der Waals surface area contributed by atoms with Crippen molar-refractivity contribution in [3.63, 3.8) is 0 Å². The van der Waals surface area contributed by atoms with Crippen molar-refractivity contribution in [1.82, 2.24) is 0 Å². The zero-order valence-electron chi connectivity index (χ0n) is 12.9. The highest BCUT2D eigenvalue weighted by Gasteiger charge is 2.31. The van der Waals surface area contributed by atoms with E-state index in [1.807, 2.05) is 37.3 Å². The number of hydrogen-bond donors (Lipinski definition) is 1. The van der Waals surface area contributed by atoms with Crippen LogP contribution >= 0.6 is 11.8 Å². The Morgan fingerprint density at radius 1 is 1.36 bits per heavy atom. The fourth-order valence-corrected chi connectivity index (χ4v) is 3.00. The Balaban J connectivity index is 2.88. The Hall–Kier alpha value is -1.88. The van der Waals surface area contributed by atoms with Gasteiger partial charge in [0.15, 0.2) is 5.92 Å². The summed E-state index contributed by atoms with van der Waals surface area (Å²) in [6, 6.07) is 9.85. The van der Waals surface area contributed by atoms with Crippen LogP contribution in [0.4, 0.5) is 0 Å². The number of carbonyl (C=O) groups excluding carboxylic acids is 1. The van der Waals surface area contributed by atoms with Gasteiger partial charge in [-0.2, -0.15) is 0 Å². The normalized spacial score (nSPS) is 14.2. The highest BCUT2D eigenvalue weighted by Crippen LogP contribution is 2.23. The smallest absolute Gasteiger partial charge is 0.319 e. The van der Waals surface area contributed by atoms with Crippen molar-refractivity contribution < 1.29 is 14.7 Å². The molecule has 118 valence electrons. The fraction of sp³-hybridized carbons (Fsp3) is 0.353. The second-order valence-corrected chi connectivity index (χ2v) is 6.05. The first-order valence-electron chi connectivity index (χ1n) is 7.03. The molecule has 0 aliphatic carbocycles. The molecule has 2 unspecified atom stereocenters. The van der Waals surface area contributed by atoms with Crippen molar-refractivity contribution >= 4 is 29.2 Å². The molecule has 2 atom stereocenters. The molecule has 0 radical (unpaired) electrons. The summed E-state index contributed by atoms with van der Waals surface area (Å²) in [5.41, 5.74) is 0.420. The third kappa shape index (κ3) is 5.48. The first kappa shape index (κ1) is 18.2. The van der Waals surface area contributed by atoms with E-state index in [9.17, 15) is 14.7 Å². The fourth-order valence-electron chi connectivity index (χ4n) is 2.03. The highest BCUT2D eigenvalue weighted by molar-refractivity contribution is 7.99. The van der Waals surface area contributed by atoms with Gasteiger partial charge in [0.2, 0.25) is 0 Å². The molecular formula is C17H21NO3S. The van der Waals surface area contributed by atoms with Crippen LogP contribution in [0.5, 0.6) is 0 Å². The van der Waals surface area contributed by atoms with Gasteiger partial charge in [0.25, 0.3) is 0 Å². The highest BCUT2D eigenvalue weighted by atomic mass is 32.2. The molecule has 0 aromatic heterocycles. The zero-order chi connectivity index (χ0) is 16.5. The van der Waals surface area contributed by atoms with E-state index in [-0.39, 0.29) is 5.92 Å². The van der Waals surface area contributed by atoms with Crippen molar-refractivity contribution in [2.24, 2.45) is 16.8 Å². The summed E-state index contributed by atoms with van der Waals surface area (Å²) in [6.07, 6.45) is 1.59. The van der Waals surface area contributed by atoms with Gasteiger partial charge in [0, 0.05) is 22.3 Å². The molecule has 0 spiro atoms. The topological polar surface area (TPSA) is 66.7 Å². The van der Waals surface area contributed by atoms with Gasteiger partial charge >= 0.3 is 5.97 Å². The number of aliphatic imine (C=N–C) groups is 1. The molecule has 0 saturated heterocycles. The van der Waals surface area contributed by atoms with E-state index in [4.69, 9.17) is 0 Å². The number of carboxylic acid groups (broad SMARTS) is 1. The molecule has 5 heteroatoms. The number of carbonyl (C=O) groups is 2. The van der Waals surface area contributed by atoms with E-state index in [0.29, 0.717) is 18.0 Å². The first-order chi connectivity index (χ1) is 10.5. The molecule has 0 saturated carbocycles. The van der Waals surface area contributed by atoms with Gasteiger partial charge in [-0.15, -0.1) is 18.3 Å². The molecule has 0 bridgehead atoms. The van der Waals surface area contributed by atoms with Crippen LogP contribution in [0, 0.1) is 11.8 Å². The Kier molecular flexibility index (Phi) is 7.60. The third-order valence-electron chi connectivity index (χ3n) is 3.10. The van der Waals surface area contributed by atoms with Crippen LogP contribution in [0.3, 0.4) is 0 Å². The molecule has 1 aromatic rings. The molecule has 0 aliphatic rings. The minimum Gasteiger partial charge on any atom is -0.480 e. The lowest BCUT2D eigenvalue weighted by molar-refractivity contribution is -0.142. The Morgan fingerprint density at radius 2 is 2.00 bits per heavy atom. The summed E-state index contributed by atoms with van der Waals surface area (Å²) in [5.74, 6) is -2.17. The van der Waals surface area contributed by atoms with E-state index in [1.165, 1.54) is 6.92 Å². The van der Waals surface area contributed by atoms with Gasteiger partial charge in [0.1, 0.15) is 5.78 Å². The van der Waals surface area contributed by atoms with E-state index in [2.05, 4.69) is 11.6 Å². The standard InChI is InChI=1S/C17H21NO3S/c1-4-10-18-16(15(13(3)19)17(20)21)12(2)11-22-14-8-6-5-7-9-14/h4-9,12,15H,1,10-11H2,2-3H3,(H,20,21). The second kappa shape index (κ2) is 9.20. The van der Waals surface area contributed by atoms with Crippen molar-refractivity contribution in [3.8, 4) is 0 Å². The average molecular weight is 319 g/mol. The number of carboxylic acids is 1. The monoisotopic (exact) mass is 319 g/mol. The molecule has 0 amide bonds. The predicted octanol–water partition coefficient (Wildman–Crippen LogP) is 3.33. The summed E-state index contributed by atoms with van der Waals surface area (Å²) >= 11 is 1.62. The molecule has 0 heterocycles. The van der Waals surface area contributed by atoms with Gasteiger partial charge in [-0.05, 0) is 19.1 Å². The maximum atomic E-state index is 11.7. The lowest BCUT2D eigenvalue weighted by Gasteiger charge is -2.19. The summed E-state index contributed by atoms with van der Waals surface area (Å²) < 4.78 is 0. The minimum absolute atomic E-state index is 0.116. The van der Waals surface area contributed by atoms with Gasteiger partial charge in [-0.25, -0.2) is 0 Å². The van der Waals surface area contributed by atoms with Gasteiger partial charge in [-0.3, -0.25) is 14.6 Å². The molecule has 1 rings (SSSR count). The number of thioether (sulfide) groups is 1. The third-order valence-corrected chi connectivity index (χ3v) is 4.37. The summed E-state index contributed by atoms with van der Waals surface area (Å²) in [7, 11) is 0. The van der Waals surface area contributed by atoms with Crippen LogP contribution in [0.1, 0.15) is 13.8 Å². The maximum absolute atomic E-state index is 11.7. The molecule has 4 nitrogen and oxygen atoms in total. The molecule has 0 aliphatic heterocycles. The van der Waals surface area contributed by atoms with Gasteiger partial charge in [0.05, 0.1) is 6.54 Å². The molecule has 22 heavy (non-hydrogen) atoms. The van der Waals surface area contributed by atoms with E-state index in [0.717, 1.165) is 4.90 Å². The van der Waals surface area contributed by atoms with E-state index in [1.54, 1.807) is 17.8 Å². The Labute approximate surface area is 135 Å². The van der Waals surface area contributed by atoms with E-state index >= 15 is 0 Å². The Morgan fingerprint density at radius 3 is 2.50 bits per heavy atom. The lowest BCUT2D eigenvalue weighted by Crippen LogP contribution is -2.35. The largest absolute Gasteiger partial charge is 0.480 e. The van der Waals surface area contributed by atoms with Crippen LogP contribution in [0.15, 0.2) is 52.9 Å². The Bertz CT molecular complexity index is 540. The lowest BCUT2D eigenvalue weighted by atomic mass is 9.91. The summed E-state index contributed by atoms with van der Waals surface area (Å²) in [4.78, 5) is 28.4. The number of aliphatic carboxylic acids is 1. The van der Waals surface area contributed by atoms with Gasteiger partial charge in [-0.1, -0.05) is 31.2 Å². The average Bonchev–Trinajstić information content (AvgIpc) is 2.49. The number of nitrogens with zero attached hydrogens (tertiary/aromatic N) is 1. The van der Waals surface area contributed by atoms with Crippen molar-refractivity contribution in [2.45, 2.75) is 18.7 Å². The minimum atomic E-state index is -1.17.